The SMILES string of the molecule is O=C(CSc1nc2ccccc2n1Cc1ccc(Cl)cc1)NN=Cc1cccc(Cl)c1. The molecule has 1 amide bonds. The van der Waals surface area contributed by atoms with Crippen LogP contribution in [0.15, 0.2) is 83.1 Å². The number of carbonyl (C=O) groups excluding carboxylic acids is 1. The number of imidazole rings is 1. The smallest absolute Gasteiger partial charge is 0.250 e. The maximum absolute atomic E-state index is 12.3. The molecule has 0 bridgehead atoms. The van der Waals surface area contributed by atoms with E-state index in [1.54, 1.807) is 18.3 Å². The highest BCUT2D eigenvalue weighted by Gasteiger charge is 2.13. The Labute approximate surface area is 194 Å². The number of para-hydroxylation sites is 2. The third-order valence-corrected chi connectivity index (χ3v) is 5.92. The number of amides is 1. The van der Waals surface area contributed by atoms with Crippen LogP contribution >= 0.6 is 35.0 Å². The molecular weight excluding hydrogens is 451 g/mol. The summed E-state index contributed by atoms with van der Waals surface area (Å²) in [5.74, 6) is -0.0232. The number of hydrogen-bond donors (Lipinski definition) is 1. The molecule has 0 spiro atoms. The van der Waals surface area contributed by atoms with Gasteiger partial charge < -0.3 is 4.57 Å². The van der Waals surface area contributed by atoms with E-state index in [2.05, 4.69) is 15.1 Å². The topological polar surface area (TPSA) is 59.3 Å². The number of halogens is 2. The van der Waals surface area contributed by atoms with Gasteiger partial charge in [0, 0.05) is 10.0 Å². The molecule has 31 heavy (non-hydrogen) atoms. The lowest BCUT2D eigenvalue weighted by Gasteiger charge is -2.09. The Kier molecular flexibility index (Phi) is 6.92. The second-order valence-electron chi connectivity index (χ2n) is 6.73. The van der Waals surface area contributed by atoms with Crippen LogP contribution in [0.4, 0.5) is 0 Å². The molecule has 3 aromatic carbocycles. The lowest BCUT2D eigenvalue weighted by Crippen LogP contribution is -2.20. The van der Waals surface area contributed by atoms with Gasteiger partial charge in [0.25, 0.3) is 5.91 Å². The summed E-state index contributed by atoms with van der Waals surface area (Å²) >= 11 is 13.3. The fourth-order valence-electron chi connectivity index (χ4n) is 3.02. The molecule has 4 rings (SSSR count). The number of fused-ring (bicyclic) bond motifs is 1. The average Bonchev–Trinajstić information content (AvgIpc) is 3.11. The first kappa shape index (κ1) is 21.4. The summed E-state index contributed by atoms with van der Waals surface area (Å²) in [4.78, 5) is 17.0. The zero-order chi connectivity index (χ0) is 21.6. The maximum Gasteiger partial charge on any atom is 0.250 e. The minimum Gasteiger partial charge on any atom is -0.314 e. The number of rotatable bonds is 7. The lowest BCUT2D eigenvalue weighted by molar-refractivity contribution is -0.118. The summed E-state index contributed by atoms with van der Waals surface area (Å²) in [6.07, 6.45) is 1.56. The predicted molar refractivity (Wildman–Crippen MR) is 128 cm³/mol. The van der Waals surface area contributed by atoms with Crippen molar-refractivity contribution in [2.45, 2.75) is 11.7 Å². The Hall–Kier alpha value is -2.80. The number of hydrazone groups is 1. The van der Waals surface area contributed by atoms with Crippen LogP contribution in [0.1, 0.15) is 11.1 Å². The molecule has 1 aromatic heterocycles. The van der Waals surface area contributed by atoms with E-state index in [0.29, 0.717) is 16.6 Å². The fourth-order valence-corrected chi connectivity index (χ4v) is 4.15. The molecule has 5 nitrogen and oxygen atoms in total. The van der Waals surface area contributed by atoms with Gasteiger partial charge >= 0.3 is 0 Å². The van der Waals surface area contributed by atoms with Crippen molar-refractivity contribution in [1.29, 1.82) is 0 Å². The number of nitrogens with one attached hydrogen (secondary N) is 1. The average molecular weight is 469 g/mol. The van der Waals surface area contributed by atoms with E-state index in [1.807, 2.05) is 60.7 Å². The van der Waals surface area contributed by atoms with Crippen molar-refractivity contribution in [2.24, 2.45) is 5.10 Å². The van der Waals surface area contributed by atoms with Crippen molar-refractivity contribution >= 4 is 58.1 Å². The largest absolute Gasteiger partial charge is 0.314 e. The van der Waals surface area contributed by atoms with Gasteiger partial charge in [-0.25, -0.2) is 10.4 Å². The number of aromatic nitrogens is 2. The normalized spacial score (nSPS) is 11.3. The zero-order valence-corrected chi connectivity index (χ0v) is 18.7. The minimum atomic E-state index is -0.214. The van der Waals surface area contributed by atoms with Gasteiger partial charge in [-0.1, -0.05) is 71.4 Å². The van der Waals surface area contributed by atoms with E-state index in [9.17, 15) is 4.79 Å². The Balaban J connectivity index is 1.45. The summed E-state index contributed by atoms with van der Waals surface area (Å²) in [5.41, 5.74) is 6.36. The molecule has 156 valence electrons. The van der Waals surface area contributed by atoms with Gasteiger partial charge in [-0.3, -0.25) is 4.79 Å². The molecule has 0 fully saturated rings. The second kappa shape index (κ2) is 10.0. The standard InChI is InChI=1S/C23H18Cl2N4OS/c24-18-10-8-16(9-11-18)14-29-21-7-2-1-6-20(21)27-23(29)31-15-22(30)28-26-13-17-4-3-5-19(25)12-17/h1-13H,14-15H2,(H,28,30). The van der Waals surface area contributed by atoms with Gasteiger partial charge in [-0.05, 0) is 47.5 Å². The summed E-state index contributed by atoms with van der Waals surface area (Å²) in [7, 11) is 0. The Morgan fingerprint density at radius 2 is 1.84 bits per heavy atom. The molecule has 1 heterocycles. The van der Waals surface area contributed by atoms with Crippen molar-refractivity contribution in [1.82, 2.24) is 15.0 Å². The van der Waals surface area contributed by atoms with Crippen molar-refractivity contribution in [3.05, 3.63) is 94.0 Å². The van der Waals surface area contributed by atoms with Crippen molar-refractivity contribution < 1.29 is 4.79 Å². The molecule has 0 radical (unpaired) electrons. The highest BCUT2D eigenvalue weighted by atomic mass is 35.5. The first-order valence-electron chi connectivity index (χ1n) is 9.48. The van der Waals surface area contributed by atoms with Gasteiger partial charge in [0.1, 0.15) is 0 Å². The third kappa shape index (κ3) is 5.67. The molecular formula is C23H18Cl2N4OS. The van der Waals surface area contributed by atoms with E-state index in [-0.39, 0.29) is 11.7 Å². The quantitative estimate of drug-likeness (QED) is 0.217. The van der Waals surface area contributed by atoms with Crippen molar-refractivity contribution in [3.63, 3.8) is 0 Å². The van der Waals surface area contributed by atoms with Crippen LogP contribution in [0.5, 0.6) is 0 Å². The molecule has 8 heteroatoms. The van der Waals surface area contributed by atoms with Gasteiger partial charge in [-0.15, -0.1) is 0 Å². The molecule has 1 N–H and O–H groups in total. The number of hydrogen-bond acceptors (Lipinski definition) is 4. The van der Waals surface area contributed by atoms with Crippen molar-refractivity contribution in [3.8, 4) is 0 Å². The molecule has 0 atom stereocenters. The first-order valence-corrected chi connectivity index (χ1v) is 11.2. The molecule has 0 unspecified atom stereocenters. The fraction of sp³-hybridized carbons (Fsp3) is 0.0870. The zero-order valence-electron chi connectivity index (χ0n) is 16.3. The van der Waals surface area contributed by atoms with Gasteiger partial charge in [0.2, 0.25) is 0 Å². The van der Waals surface area contributed by atoms with E-state index in [0.717, 1.165) is 27.3 Å². The number of thioether (sulfide) groups is 1. The first-order chi connectivity index (χ1) is 15.1. The number of nitrogens with zero attached hydrogens (tertiary/aromatic N) is 3. The summed E-state index contributed by atoms with van der Waals surface area (Å²) in [6.45, 7) is 0.633. The monoisotopic (exact) mass is 468 g/mol. The van der Waals surface area contributed by atoms with E-state index >= 15 is 0 Å². The Morgan fingerprint density at radius 1 is 1.03 bits per heavy atom. The maximum atomic E-state index is 12.3. The summed E-state index contributed by atoms with van der Waals surface area (Å²) < 4.78 is 2.10. The molecule has 0 aliphatic heterocycles. The van der Waals surface area contributed by atoms with E-state index in [4.69, 9.17) is 28.2 Å². The highest BCUT2D eigenvalue weighted by Crippen LogP contribution is 2.25. The Morgan fingerprint density at radius 3 is 2.65 bits per heavy atom. The third-order valence-electron chi connectivity index (χ3n) is 4.46. The Bertz CT molecular complexity index is 1240. The minimum absolute atomic E-state index is 0.191. The lowest BCUT2D eigenvalue weighted by atomic mass is 10.2. The predicted octanol–water partition coefficient (Wildman–Crippen LogP) is 5.63. The summed E-state index contributed by atoms with van der Waals surface area (Å²) in [5, 5.41) is 6.08. The van der Waals surface area contributed by atoms with Gasteiger partial charge in [0.15, 0.2) is 5.16 Å². The van der Waals surface area contributed by atoms with Crippen LogP contribution in [0.3, 0.4) is 0 Å². The van der Waals surface area contributed by atoms with Crippen LogP contribution < -0.4 is 5.43 Å². The van der Waals surface area contributed by atoms with E-state index in [1.165, 1.54) is 11.8 Å². The molecule has 0 aliphatic carbocycles. The van der Waals surface area contributed by atoms with Crippen LogP contribution in [0, 0.1) is 0 Å². The van der Waals surface area contributed by atoms with Crippen LogP contribution in [-0.2, 0) is 11.3 Å². The van der Waals surface area contributed by atoms with Gasteiger partial charge in [-0.2, -0.15) is 5.10 Å². The number of benzene rings is 3. The molecule has 4 aromatic rings. The van der Waals surface area contributed by atoms with Gasteiger partial charge in [0.05, 0.1) is 29.5 Å². The number of carbonyl (C=O) groups is 1. The van der Waals surface area contributed by atoms with Crippen LogP contribution in [0.2, 0.25) is 10.0 Å². The van der Waals surface area contributed by atoms with Crippen LogP contribution in [0.25, 0.3) is 11.0 Å². The second-order valence-corrected chi connectivity index (χ2v) is 8.55. The summed E-state index contributed by atoms with van der Waals surface area (Å²) in [6, 6.07) is 22.9. The highest BCUT2D eigenvalue weighted by molar-refractivity contribution is 7.99. The molecule has 0 saturated carbocycles. The molecule has 0 saturated heterocycles. The van der Waals surface area contributed by atoms with E-state index < -0.39 is 0 Å². The molecule has 0 aliphatic rings. The van der Waals surface area contributed by atoms with Crippen molar-refractivity contribution in [2.75, 3.05) is 5.75 Å². The van der Waals surface area contributed by atoms with Crippen LogP contribution in [-0.4, -0.2) is 27.4 Å².